The Balaban J connectivity index is 2.10. The molecule has 1 heterocycles. The van der Waals surface area contributed by atoms with Gasteiger partial charge < -0.3 is 20.7 Å². The number of rotatable bonds is 15. The minimum Gasteiger partial charge on any atom is -0.481 e. The van der Waals surface area contributed by atoms with Crippen LogP contribution >= 0.6 is 11.3 Å². The molecule has 0 radical (unpaired) electrons. The van der Waals surface area contributed by atoms with E-state index in [0.717, 1.165) is 22.3 Å². The lowest BCUT2D eigenvalue weighted by Crippen LogP contribution is -2.40. The van der Waals surface area contributed by atoms with E-state index in [9.17, 15) is 28.7 Å². The van der Waals surface area contributed by atoms with E-state index in [1.54, 1.807) is 18.0 Å². The van der Waals surface area contributed by atoms with Gasteiger partial charge >= 0.3 is 17.9 Å². The van der Waals surface area contributed by atoms with Crippen LogP contribution in [0.3, 0.4) is 0 Å². The zero-order valence-electron chi connectivity index (χ0n) is 21.4. The van der Waals surface area contributed by atoms with Crippen LogP contribution in [0.5, 0.6) is 5.75 Å². The summed E-state index contributed by atoms with van der Waals surface area (Å²) in [6, 6.07) is 6.21. The Kier molecular flexibility index (Phi) is 11.1. The first kappa shape index (κ1) is 30.6. The summed E-state index contributed by atoms with van der Waals surface area (Å²) in [5, 5.41) is 25.7. The highest BCUT2D eigenvalue weighted by Gasteiger charge is 2.30. The van der Waals surface area contributed by atoms with Crippen molar-refractivity contribution in [3.05, 3.63) is 51.5 Å². The molecule has 10 nitrogen and oxygen atoms in total. The van der Waals surface area contributed by atoms with Crippen LogP contribution in [-0.4, -0.2) is 57.7 Å². The summed E-state index contributed by atoms with van der Waals surface area (Å²) in [7, 11) is 1.72. The highest BCUT2D eigenvalue weighted by atomic mass is 32.1. The highest BCUT2D eigenvalue weighted by molar-refractivity contribution is 7.13. The maximum absolute atomic E-state index is 14.2. The molecule has 38 heavy (non-hydrogen) atoms. The Bertz CT molecular complexity index is 1200. The van der Waals surface area contributed by atoms with Gasteiger partial charge in [-0.2, -0.15) is 0 Å². The average molecular weight is 550 g/mol. The normalized spacial score (nSPS) is 12.8. The number of amidine groups is 1. The van der Waals surface area contributed by atoms with Crippen LogP contribution in [0.4, 0.5) is 4.39 Å². The number of esters is 1. The number of nitrogens with zero attached hydrogens (tertiary/aromatic N) is 1. The van der Waals surface area contributed by atoms with Gasteiger partial charge in [0.2, 0.25) is 0 Å². The van der Waals surface area contributed by atoms with E-state index < -0.39 is 35.7 Å². The summed E-state index contributed by atoms with van der Waals surface area (Å²) in [5.74, 6) is -5.80. The van der Waals surface area contributed by atoms with Gasteiger partial charge in [0.25, 0.3) is 0 Å². The quantitative estimate of drug-likeness (QED) is 0.112. The van der Waals surface area contributed by atoms with Crippen LogP contribution in [-0.2, 0) is 20.9 Å². The molecule has 0 aliphatic heterocycles. The third kappa shape index (κ3) is 9.03. The molecule has 0 unspecified atom stereocenters. The maximum Gasteiger partial charge on any atom is 0.353 e. The number of aliphatic carboxylic acids is 2. The number of nitrogens with two attached hydrogens (primary N) is 1. The van der Waals surface area contributed by atoms with Crippen LogP contribution in [0, 0.1) is 23.1 Å². The Morgan fingerprint density at radius 2 is 1.84 bits per heavy atom. The van der Waals surface area contributed by atoms with Crippen molar-refractivity contribution in [2.24, 2.45) is 17.6 Å². The zero-order valence-corrected chi connectivity index (χ0v) is 22.2. The number of carboxylic acids is 2. The molecule has 0 saturated carbocycles. The molecule has 2 rings (SSSR count). The van der Waals surface area contributed by atoms with Gasteiger partial charge in [0, 0.05) is 29.8 Å². The Morgan fingerprint density at radius 3 is 2.39 bits per heavy atom. The number of Topliss-reactive ketones (excluding diaryl/α,β-unsaturated/α-hetero) is 1. The number of likely N-dealkylation sites (N-methyl/N-ethyl adjacent to an activating group) is 1. The molecule has 0 fully saturated rings. The van der Waals surface area contributed by atoms with Gasteiger partial charge in [0.15, 0.2) is 17.3 Å². The number of carbonyl (C=O) groups is 4. The molecule has 0 saturated heterocycles. The number of ketones is 1. The summed E-state index contributed by atoms with van der Waals surface area (Å²) in [4.78, 5) is 50.8. The van der Waals surface area contributed by atoms with E-state index >= 15 is 0 Å². The number of hydrogen-bond acceptors (Lipinski definition) is 8. The van der Waals surface area contributed by atoms with Crippen molar-refractivity contribution in [3.8, 4) is 5.75 Å². The van der Waals surface area contributed by atoms with Crippen molar-refractivity contribution in [2.75, 3.05) is 7.05 Å². The largest absolute Gasteiger partial charge is 0.481 e. The molecule has 1 aromatic heterocycles. The molecule has 2 atom stereocenters. The molecule has 5 N–H and O–H groups in total. The molecular formula is C26H32FN3O7S. The zero-order chi connectivity index (χ0) is 28.6. The van der Waals surface area contributed by atoms with Gasteiger partial charge in [-0.3, -0.25) is 24.7 Å². The highest BCUT2D eigenvalue weighted by Crippen LogP contribution is 2.25. The van der Waals surface area contributed by atoms with E-state index in [4.69, 9.17) is 21.0 Å². The van der Waals surface area contributed by atoms with Gasteiger partial charge in [-0.05, 0) is 56.1 Å². The van der Waals surface area contributed by atoms with Crippen molar-refractivity contribution >= 4 is 40.9 Å². The van der Waals surface area contributed by atoms with Gasteiger partial charge in [-0.25, -0.2) is 9.18 Å². The molecule has 0 spiro atoms. The maximum atomic E-state index is 14.2. The molecule has 0 aliphatic rings. The van der Waals surface area contributed by atoms with E-state index in [0.29, 0.717) is 6.42 Å². The second kappa shape index (κ2) is 13.8. The first-order valence-corrected chi connectivity index (χ1v) is 12.7. The SMILES string of the molecule is CC(C)C[C@@H](C(=O)C[C@@H](CCC(=O)O)C(=O)O)N(C)Cc1ccc(C(=O)Oc2ccc(C(=N)N)cc2F)s1. The molecule has 0 amide bonds. The topological polar surface area (TPSA) is 171 Å². The lowest BCUT2D eigenvalue weighted by atomic mass is 9.90. The fraction of sp³-hybridized carbons (Fsp3) is 0.423. The fourth-order valence-corrected chi connectivity index (χ4v) is 4.77. The van der Waals surface area contributed by atoms with E-state index in [2.05, 4.69) is 0 Å². The van der Waals surface area contributed by atoms with Gasteiger partial charge in [0.05, 0.1) is 12.0 Å². The number of thiophene rings is 1. The van der Waals surface area contributed by atoms with Crippen molar-refractivity contribution in [1.82, 2.24) is 4.90 Å². The second-order valence-corrected chi connectivity index (χ2v) is 10.6. The Morgan fingerprint density at radius 1 is 1.16 bits per heavy atom. The van der Waals surface area contributed by atoms with E-state index in [1.165, 1.54) is 18.2 Å². The summed E-state index contributed by atoms with van der Waals surface area (Å²) in [6.07, 6.45) is -0.284. The van der Waals surface area contributed by atoms with Crippen LogP contribution in [0.25, 0.3) is 0 Å². The van der Waals surface area contributed by atoms with Crippen molar-refractivity contribution in [1.29, 1.82) is 5.41 Å². The Labute approximate surface area is 223 Å². The molecule has 0 bridgehead atoms. The number of carboxylic acid groups (broad SMARTS) is 2. The molecular weight excluding hydrogens is 517 g/mol. The number of ether oxygens (including phenoxy) is 1. The molecule has 0 aliphatic carbocycles. The minimum absolute atomic E-state index is 0.131. The standard InChI is InChI=1S/C26H32FN3O7S/c1-14(2)10-19(20(31)12-16(25(34)35)5-9-23(32)33)30(3)13-17-6-8-22(38-17)26(36)37-21-7-4-15(24(28)29)11-18(21)27/h4,6-8,11,14,16,19H,5,9-10,12-13H2,1-3H3,(H3,28,29)(H,32,33)(H,34,35)/t16-,19+/m1/s1. The van der Waals surface area contributed by atoms with Gasteiger partial charge in [0.1, 0.15) is 10.7 Å². The van der Waals surface area contributed by atoms with Crippen LogP contribution in [0.15, 0.2) is 30.3 Å². The number of hydrogen-bond donors (Lipinski definition) is 4. The summed E-state index contributed by atoms with van der Waals surface area (Å²) >= 11 is 1.12. The number of benzene rings is 1. The molecule has 2 aromatic rings. The van der Waals surface area contributed by atoms with Crippen LogP contribution in [0.1, 0.15) is 59.6 Å². The molecule has 12 heteroatoms. The monoisotopic (exact) mass is 549 g/mol. The third-order valence-electron chi connectivity index (χ3n) is 5.82. The fourth-order valence-electron chi connectivity index (χ4n) is 3.82. The smallest absolute Gasteiger partial charge is 0.353 e. The van der Waals surface area contributed by atoms with E-state index in [-0.39, 0.29) is 59.5 Å². The first-order chi connectivity index (χ1) is 17.8. The average Bonchev–Trinajstić information content (AvgIpc) is 3.29. The van der Waals surface area contributed by atoms with Crippen molar-refractivity contribution < 1.29 is 38.5 Å². The van der Waals surface area contributed by atoms with Gasteiger partial charge in [-0.15, -0.1) is 11.3 Å². The first-order valence-electron chi connectivity index (χ1n) is 11.9. The van der Waals surface area contributed by atoms with Crippen LogP contribution in [0.2, 0.25) is 0 Å². The van der Waals surface area contributed by atoms with Gasteiger partial charge in [-0.1, -0.05) is 13.8 Å². The lowest BCUT2D eigenvalue weighted by molar-refractivity contribution is -0.145. The predicted molar refractivity (Wildman–Crippen MR) is 139 cm³/mol. The summed E-state index contributed by atoms with van der Waals surface area (Å²) in [6.45, 7) is 4.17. The number of halogens is 1. The lowest BCUT2D eigenvalue weighted by Gasteiger charge is -2.29. The predicted octanol–water partition coefficient (Wildman–Crippen LogP) is 3.76. The third-order valence-corrected chi connectivity index (χ3v) is 6.87. The number of carbonyl (C=O) groups excluding carboxylic acids is 2. The Hall–Kier alpha value is -3.64. The van der Waals surface area contributed by atoms with Crippen LogP contribution < -0.4 is 10.5 Å². The minimum atomic E-state index is -1.21. The molecule has 206 valence electrons. The summed E-state index contributed by atoms with van der Waals surface area (Å²) < 4.78 is 19.4. The van der Waals surface area contributed by atoms with E-state index in [1.807, 2.05) is 13.8 Å². The van der Waals surface area contributed by atoms with Crippen molar-refractivity contribution in [2.45, 2.75) is 52.1 Å². The molecule has 1 aromatic carbocycles. The van der Waals surface area contributed by atoms with Crippen molar-refractivity contribution in [3.63, 3.8) is 0 Å². The second-order valence-electron chi connectivity index (χ2n) is 9.41. The summed E-state index contributed by atoms with van der Waals surface area (Å²) in [5.41, 5.74) is 5.49. The number of nitrogens with one attached hydrogen (secondary N) is 1. The number of nitrogen functional groups attached to an aromatic ring is 1.